The van der Waals surface area contributed by atoms with Gasteiger partial charge in [-0.2, -0.15) is 0 Å². The second-order valence-electron chi connectivity index (χ2n) is 6.41. The first kappa shape index (κ1) is 13.7. The molecule has 6 nitrogen and oxygen atoms in total. The Morgan fingerprint density at radius 2 is 2.15 bits per heavy atom. The highest BCUT2D eigenvalue weighted by Crippen LogP contribution is 2.30. The van der Waals surface area contributed by atoms with E-state index in [-0.39, 0.29) is 29.9 Å². The molecule has 2 aliphatic heterocycles. The van der Waals surface area contributed by atoms with E-state index in [0.717, 1.165) is 19.3 Å². The Bertz CT molecular complexity index is 414. The van der Waals surface area contributed by atoms with Gasteiger partial charge in [-0.25, -0.2) is 4.79 Å². The Kier molecular flexibility index (Phi) is 3.58. The first-order chi connectivity index (χ1) is 9.58. The summed E-state index contributed by atoms with van der Waals surface area (Å²) in [6, 6.07) is 0.125. The number of hydrogen-bond donors (Lipinski definition) is 2. The molecule has 2 heterocycles. The van der Waals surface area contributed by atoms with Gasteiger partial charge in [-0.05, 0) is 18.8 Å². The summed E-state index contributed by atoms with van der Waals surface area (Å²) in [5.41, 5.74) is 6.23. The van der Waals surface area contributed by atoms with Gasteiger partial charge in [-0.15, -0.1) is 0 Å². The third-order valence-corrected chi connectivity index (χ3v) is 5.16. The number of nitrogens with zero attached hydrogens (tertiary/aromatic N) is 2. The topological polar surface area (TPSA) is 78.7 Å². The lowest BCUT2D eigenvalue weighted by Crippen LogP contribution is -2.57. The fraction of sp³-hybridized carbons (Fsp3) is 0.857. The Morgan fingerprint density at radius 3 is 2.95 bits per heavy atom. The van der Waals surface area contributed by atoms with Gasteiger partial charge in [0.15, 0.2) is 0 Å². The van der Waals surface area contributed by atoms with Gasteiger partial charge in [0.2, 0.25) is 5.91 Å². The average Bonchev–Trinajstić information content (AvgIpc) is 2.82. The van der Waals surface area contributed by atoms with Crippen LogP contribution in [0.1, 0.15) is 26.2 Å². The zero-order chi connectivity index (χ0) is 14.3. The standard InChI is InChI=1S/C14H24N4O2/c1-9-3-2-4-11(12(9)15)13(19)17-5-6-18-10(8-17)7-16-14(18)20/h9-12H,2-8,15H2,1H3,(H,16,20). The number of urea groups is 1. The van der Waals surface area contributed by atoms with Crippen LogP contribution in [0.15, 0.2) is 0 Å². The van der Waals surface area contributed by atoms with E-state index in [0.29, 0.717) is 32.1 Å². The lowest BCUT2D eigenvalue weighted by Gasteiger charge is -2.41. The fourth-order valence-electron chi connectivity index (χ4n) is 3.77. The van der Waals surface area contributed by atoms with E-state index in [4.69, 9.17) is 5.73 Å². The van der Waals surface area contributed by atoms with Gasteiger partial charge in [-0.3, -0.25) is 4.79 Å². The summed E-state index contributed by atoms with van der Waals surface area (Å²) >= 11 is 0. The molecular formula is C14H24N4O2. The van der Waals surface area contributed by atoms with Crippen molar-refractivity contribution in [1.29, 1.82) is 0 Å². The molecule has 20 heavy (non-hydrogen) atoms. The maximum Gasteiger partial charge on any atom is 0.317 e. The van der Waals surface area contributed by atoms with E-state index in [2.05, 4.69) is 12.2 Å². The predicted molar refractivity (Wildman–Crippen MR) is 75.0 cm³/mol. The maximum atomic E-state index is 12.7. The summed E-state index contributed by atoms with van der Waals surface area (Å²) in [6.45, 7) is 4.71. The molecule has 0 radical (unpaired) electrons. The summed E-state index contributed by atoms with van der Waals surface area (Å²) in [5.74, 6) is 0.590. The van der Waals surface area contributed by atoms with E-state index in [1.54, 1.807) is 0 Å². The molecular weight excluding hydrogens is 256 g/mol. The first-order valence-corrected chi connectivity index (χ1v) is 7.66. The van der Waals surface area contributed by atoms with E-state index >= 15 is 0 Å². The second-order valence-corrected chi connectivity index (χ2v) is 6.41. The molecule has 112 valence electrons. The summed E-state index contributed by atoms with van der Waals surface area (Å²) in [7, 11) is 0. The predicted octanol–water partition coefficient (Wildman–Crippen LogP) is -0.0141. The molecule has 3 aliphatic rings. The van der Waals surface area contributed by atoms with Crippen LogP contribution in [0.3, 0.4) is 0 Å². The van der Waals surface area contributed by atoms with Crippen LogP contribution in [0.2, 0.25) is 0 Å². The summed E-state index contributed by atoms with van der Waals surface area (Å²) in [6.07, 6.45) is 3.13. The van der Waals surface area contributed by atoms with Crippen molar-refractivity contribution < 1.29 is 9.59 Å². The van der Waals surface area contributed by atoms with Crippen LogP contribution in [0, 0.1) is 11.8 Å². The van der Waals surface area contributed by atoms with E-state index < -0.39 is 0 Å². The van der Waals surface area contributed by atoms with Crippen LogP contribution in [-0.2, 0) is 4.79 Å². The van der Waals surface area contributed by atoms with Crippen LogP contribution >= 0.6 is 0 Å². The summed E-state index contributed by atoms with van der Waals surface area (Å²) in [5, 5.41) is 2.84. The molecule has 4 unspecified atom stereocenters. The molecule has 1 saturated carbocycles. The summed E-state index contributed by atoms with van der Waals surface area (Å²) in [4.78, 5) is 28.0. The molecule has 0 aromatic heterocycles. The van der Waals surface area contributed by atoms with E-state index in [1.165, 1.54) is 0 Å². The highest BCUT2D eigenvalue weighted by Gasteiger charge is 2.40. The number of piperazine rings is 1. The van der Waals surface area contributed by atoms with Gasteiger partial charge in [0.1, 0.15) is 0 Å². The van der Waals surface area contributed by atoms with Crippen molar-refractivity contribution >= 4 is 11.9 Å². The monoisotopic (exact) mass is 280 g/mol. The SMILES string of the molecule is CC1CCCC(C(=O)N2CCN3C(=O)NCC3C2)C1N. The number of nitrogens with one attached hydrogen (secondary N) is 1. The first-order valence-electron chi connectivity index (χ1n) is 7.66. The molecule has 6 heteroatoms. The number of fused-ring (bicyclic) bond motifs is 1. The average molecular weight is 280 g/mol. The largest absolute Gasteiger partial charge is 0.338 e. The highest BCUT2D eigenvalue weighted by molar-refractivity contribution is 5.81. The molecule has 0 spiro atoms. The van der Waals surface area contributed by atoms with Crippen LogP contribution < -0.4 is 11.1 Å². The lowest BCUT2D eigenvalue weighted by molar-refractivity contribution is -0.139. The highest BCUT2D eigenvalue weighted by atomic mass is 16.2. The minimum atomic E-state index is -0.0321. The molecule has 1 aliphatic carbocycles. The van der Waals surface area contributed by atoms with Crippen LogP contribution in [0.4, 0.5) is 4.79 Å². The van der Waals surface area contributed by atoms with E-state index in [9.17, 15) is 9.59 Å². The molecule has 0 bridgehead atoms. The molecule has 4 atom stereocenters. The second kappa shape index (κ2) is 5.24. The third-order valence-electron chi connectivity index (χ3n) is 5.16. The van der Waals surface area contributed by atoms with E-state index in [1.807, 2.05) is 9.80 Å². The van der Waals surface area contributed by atoms with Crippen molar-refractivity contribution in [3.05, 3.63) is 0 Å². The van der Waals surface area contributed by atoms with Gasteiger partial charge < -0.3 is 20.9 Å². The van der Waals surface area contributed by atoms with Crippen LogP contribution in [0.5, 0.6) is 0 Å². The molecule has 3 N–H and O–H groups in total. The van der Waals surface area contributed by atoms with Crippen molar-refractivity contribution in [1.82, 2.24) is 15.1 Å². The number of carbonyl (C=O) groups excluding carboxylic acids is 2. The van der Waals surface area contributed by atoms with Gasteiger partial charge in [0.25, 0.3) is 0 Å². The van der Waals surface area contributed by atoms with Crippen molar-refractivity contribution in [3.63, 3.8) is 0 Å². The van der Waals surface area contributed by atoms with Gasteiger partial charge in [-0.1, -0.05) is 13.3 Å². The molecule has 3 rings (SSSR count). The Balaban J connectivity index is 1.64. The quantitative estimate of drug-likeness (QED) is 0.709. The fourth-order valence-corrected chi connectivity index (χ4v) is 3.77. The number of amides is 3. The molecule has 0 aromatic carbocycles. The number of rotatable bonds is 1. The van der Waals surface area contributed by atoms with Crippen LogP contribution in [0.25, 0.3) is 0 Å². The lowest BCUT2D eigenvalue weighted by atomic mass is 9.77. The third kappa shape index (κ3) is 2.26. The zero-order valence-electron chi connectivity index (χ0n) is 12.0. The van der Waals surface area contributed by atoms with Crippen molar-refractivity contribution in [2.24, 2.45) is 17.6 Å². The molecule has 0 aromatic rings. The van der Waals surface area contributed by atoms with Gasteiger partial charge >= 0.3 is 6.03 Å². The minimum Gasteiger partial charge on any atom is -0.338 e. The maximum absolute atomic E-state index is 12.7. The van der Waals surface area contributed by atoms with Crippen molar-refractivity contribution in [2.45, 2.75) is 38.3 Å². The zero-order valence-corrected chi connectivity index (χ0v) is 12.0. The normalized spacial score (nSPS) is 37.6. The van der Waals surface area contributed by atoms with Gasteiger partial charge in [0.05, 0.1) is 12.0 Å². The van der Waals surface area contributed by atoms with Crippen molar-refractivity contribution in [3.8, 4) is 0 Å². The van der Waals surface area contributed by atoms with Crippen molar-refractivity contribution in [2.75, 3.05) is 26.2 Å². The minimum absolute atomic E-state index is 0.00471. The number of hydrogen-bond acceptors (Lipinski definition) is 3. The number of nitrogens with two attached hydrogens (primary N) is 1. The van der Waals surface area contributed by atoms with Crippen LogP contribution in [-0.4, -0.2) is 60.0 Å². The summed E-state index contributed by atoms with van der Waals surface area (Å²) < 4.78 is 0. The molecule has 3 fully saturated rings. The Hall–Kier alpha value is -1.30. The Labute approximate surface area is 119 Å². The van der Waals surface area contributed by atoms with Gasteiger partial charge in [0, 0.05) is 32.2 Å². The molecule has 3 amide bonds. The molecule has 2 saturated heterocycles. The Morgan fingerprint density at radius 1 is 1.35 bits per heavy atom. The smallest absolute Gasteiger partial charge is 0.317 e. The number of carbonyl (C=O) groups is 2.